The normalized spacial score (nSPS) is 13.7. The Kier molecular flexibility index (Phi) is 17.8. The van der Waals surface area contributed by atoms with Crippen molar-refractivity contribution in [2.24, 2.45) is 0 Å². The molecule has 0 amide bonds. The molecule has 0 saturated heterocycles. The number of hydrogen-bond donors (Lipinski definition) is 1. The average Bonchev–Trinajstić information content (AvgIpc) is 1.57. The van der Waals surface area contributed by atoms with Crippen LogP contribution in [0.25, 0.3) is 154 Å². The lowest BCUT2D eigenvalue weighted by Gasteiger charge is -2.39. The van der Waals surface area contributed by atoms with Gasteiger partial charge in [-0.3, -0.25) is 0 Å². The van der Waals surface area contributed by atoms with Crippen LogP contribution < -0.4 is 0 Å². The molecule has 7 heteroatoms. The minimum Gasteiger partial charge on any atom is -0.368 e. The molecule has 6 heterocycles. The van der Waals surface area contributed by atoms with Crippen LogP contribution in [0.5, 0.6) is 0 Å². The Morgan fingerprint density at radius 3 is 0.530 bits per heavy atom. The van der Waals surface area contributed by atoms with E-state index in [0.29, 0.717) is 0 Å². The van der Waals surface area contributed by atoms with Gasteiger partial charge < -0.3 is 27.5 Å². The van der Waals surface area contributed by atoms with Gasteiger partial charge in [-0.05, 0) is 263 Å². The third-order valence-corrected chi connectivity index (χ3v) is 32.0. The maximum Gasteiger partial charge on any atom is 0.161 e. The monoisotopic (exact) mass is 1560 g/mol. The topological polar surface area (TPSA) is 40.4 Å². The minimum atomic E-state index is -2.09. The Morgan fingerprint density at radius 2 is 0.350 bits per heavy atom. The van der Waals surface area contributed by atoms with Gasteiger partial charge in [0.05, 0.1) is 44.1 Å². The number of aromatic amines is 1. The number of nitrogens with zero attached hydrogens (tertiary/aromatic N) is 5. The smallest absolute Gasteiger partial charge is 0.161 e. The standard InChI is InChI=1S/C58H69N3Si.C52H55N3/c1-54(2,3)36-18-24-48-42(30-36)43-31-37(55(4,5)6)19-25-49(43)59(48)40-22-28-52-46(34-40)47-35-41(23-29-53(47)61(52)62(16,17)58(13,14)15)60-50-26-20-38(56(7,8)9)32-44(50)45-33-39(57(10,11)12)21-27-51(45)60;1-49(2,3)31-13-21-45-39(25-31)40-26-32(50(4,5)6)14-22-46(40)54(45)35-17-19-43-37(29-35)38-30-36(18-20-44(38)53-43)55-47-23-15-33(51(7,8)9)27-41(47)42-28-34(52(10,11)12)16-24-48(42)55/h18-35H,1-17H3;13-30,53H,1-12H3. The Hall–Kier alpha value is -10.3. The molecule has 0 bridgehead atoms. The Morgan fingerprint density at radius 1 is 0.188 bits per heavy atom. The first-order valence-electron chi connectivity index (χ1n) is 43.0. The summed E-state index contributed by atoms with van der Waals surface area (Å²) >= 11 is 0. The number of benzene rings is 12. The molecule has 0 fully saturated rings. The molecular weight excluding hydrogens is 1430 g/mol. The second kappa shape index (κ2) is 26.3. The highest BCUT2D eigenvalue weighted by molar-refractivity contribution is 6.80. The largest absolute Gasteiger partial charge is 0.368 e. The molecule has 18 rings (SSSR count). The quantitative estimate of drug-likeness (QED) is 0.167. The predicted octanol–water partition coefficient (Wildman–Crippen LogP) is 31.7. The van der Waals surface area contributed by atoms with Gasteiger partial charge in [-0.1, -0.05) is 249 Å². The Balaban J connectivity index is 0.000000169. The van der Waals surface area contributed by atoms with E-state index in [0.717, 1.165) is 11.0 Å². The number of fused-ring (bicyclic) bond motifs is 18. The molecule has 1 N–H and O–H groups in total. The summed E-state index contributed by atoms with van der Waals surface area (Å²) in [4.78, 5) is 3.75. The van der Waals surface area contributed by atoms with Crippen molar-refractivity contribution in [1.29, 1.82) is 0 Å². The van der Waals surface area contributed by atoms with Gasteiger partial charge in [0.15, 0.2) is 8.24 Å². The highest BCUT2D eigenvalue weighted by Crippen LogP contribution is 2.49. The number of hydrogen-bond acceptors (Lipinski definition) is 0. The first-order chi connectivity index (χ1) is 54.4. The van der Waals surface area contributed by atoms with Gasteiger partial charge in [0, 0.05) is 109 Å². The SMILES string of the molecule is CC(C)(C)c1ccc2c(c1)c1cc(C(C)(C)C)ccc1n2-c1ccc2[nH]c3ccc(-n4c5ccc(C(C)(C)C)cc5c5cc(C(C)(C)C)ccc54)cc3c2c1.CC(C)(C)c1ccc2c(c1)c1cc(C(C)(C)C)ccc1n2-c1ccc2c(c1)c1cc(-n3c4ccc(C(C)(C)C)cc4c4cc(C(C)(C)C)ccc43)ccc1n2[Si](C)(C)C(C)(C)C. The van der Waals surface area contributed by atoms with E-state index in [1.165, 1.54) is 187 Å². The van der Waals surface area contributed by atoms with Crippen molar-refractivity contribution >= 4 is 139 Å². The van der Waals surface area contributed by atoms with Gasteiger partial charge >= 0.3 is 0 Å². The fraction of sp³-hybridized carbons (Fsp3) is 0.345. The molecule has 0 aliphatic carbocycles. The summed E-state index contributed by atoms with van der Waals surface area (Å²) in [7, 11) is -2.09. The van der Waals surface area contributed by atoms with Gasteiger partial charge in [-0.15, -0.1) is 0 Å². The lowest BCUT2D eigenvalue weighted by Crippen LogP contribution is -2.45. The van der Waals surface area contributed by atoms with Crippen LogP contribution in [-0.4, -0.2) is 35.7 Å². The van der Waals surface area contributed by atoms with Crippen LogP contribution in [0.3, 0.4) is 0 Å². The third-order valence-electron chi connectivity index (χ3n) is 26.7. The fourth-order valence-corrected chi connectivity index (χ4v) is 20.6. The van der Waals surface area contributed by atoms with Gasteiger partial charge in [-0.25, -0.2) is 0 Å². The van der Waals surface area contributed by atoms with Gasteiger partial charge in [-0.2, -0.15) is 0 Å². The zero-order valence-electron chi connectivity index (χ0n) is 75.5. The summed E-state index contributed by atoms with van der Waals surface area (Å²) in [6.45, 7) is 67.9. The van der Waals surface area contributed by atoms with Crippen molar-refractivity contribution < 1.29 is 0 Å². The van der Waals surface area contributed by atoms with Crippen LogP contribution in [0.4, 0.5) is 0 Å². The maximum atomic E-state index is 3.75. The van der Waals surface area contributed by atoms with E-state index >= 15 is 0 Å². The molecule has 0 aliphatic heterocycles. The number of aromatic nitrogens is 6. The van der Waals surface area contributed by atoms with E-state index in [2.05, 4.69) is 446 Å². The molecule has 0 radical (unpaired) electrons. The van der Waals surface area contributed by atoms with Crippen LogP contribution in [-0.2, 0) is 43.3 Å². The van der Waals surface area contributed by atoms with Crippen molar-refractivity contribution in [1.82, 2.24) is 27.5 Å². The summed E-state index contributed by atoms with van der Waals surface area (Å²) in [6.07, 6.45) is 0. The summed E-state index contributed by atoms with van der Waals surface area (Å²) in [5, 5.41) is 15.7. The highest BCUT2D eigenvalue weighted by atomic mass is 28.3. The van der Waals surface area contributed by atoms with E-state index in [1.54, 1.807) is 0 Å². The molecule has 0 spiro atoms. The van der Waals surface area contributed by atoms with E-state index < -0.39 is 8.24 Å². The summed E-state index contributed by atoms with van der Waals surface area (Å²) in [5.74, 6) is 0. The second-order valence-electron chi connectivity index (χ2n) is 44.3. The first-order valence-corrected chi connectivity index (χ1v) is 45.9. The maximum absolute atomic E-state index is 3.75. The third kappa shape index (κ3) is 13.3. The molecule has 18 aromatic rings. The van der Waals surface area contributed by atoms with E-state index in [4.69, 9.17) is 0 Å². The number of nitrogens with one attached hydrogen (secondary N) is 1. The summed E-state index contributed by atoms with van der Waals surface area (Å²) in [6, 6.07) is 85.5. The van der Waals surface area contributed by atoms with Crippen molar-refractivity contribution in [2.75, 3.05) is 0 Å². The molecule has 598 valence electrons. The number of H-pyrrole nitrogens is 1. The lowest BCUT2D eigenvalue weighted by atomic mass is 9.85. The molecule has 0 atom stereocenters. The second-order valence-corrected chi connectivity index (χ2v) is 49.4. The molecule has 0 saturated carbocycles. The lowest BCUT2D eigenvalue weighted by molar-refractivity contribution is 0.590. The van der Waals surface area contributed by atoms with Gasteiger partial charge in [0.25, 0.3) is 0 Å². The molecule has 12 aromatic carbocycles. The predicted molar refractivity (Wildman–Crippen MR) is 515 cm³/mol. The first kappa shape index (κ1) is 79.1. The van der Waals surface area contributed by atoms with E-state index in [1.807, 2.05) is 0 Å². The van der Waals surface area contributed by atoms with Crippen LogP contribution in [0.1, 0.15) is 231 Å². The highest BCUT2D eigenvalue weighted by Gasteiger charge is 2.40. The van der Waals surface area contributed by atoms with Crippen LogP contribution in [0.15, 0.2) is 218 Å². The molecule has 6 nitrogen and oxygen atoms in total. The van der Waals surface area contributed by atoms with Crippen molar-refractivity contribution in [3.05, 3.63) is 263 Å². The molecule has 6 aromatic heterocycles. The van der Waals surface area contributed by atoms with Crippen molar-refractivity contribution in [2.45, 2.75) is 248 Å². The average molecular weight is 1560 g/mol. The van der Waals surface area contributed by atoms with Gasteiger partial charge in [0.1, 0.15) is 0 Å². The van der Waals surface area contributed by atoms with Gasteiger partial charge in [0.2, 0.25) is 0 Å². The summed E-state index contributed by atoms with van der Waals surface area (Å²) < 4.78 is 12.7. The summed E-state index contributed by atoms with van der Waals surface area (Å²) in [5.41, 5.74) is 31.0. The van der Waals surface area contributed by atoms with E-state index in [-0.39, 0.29) is 48.4 Å². The fourth-order valence-electron chi connectivity index (χ4n) is 18.3. The molecule has 0 aliphatic rings. The minimum absolute atomic E-state index is 0.0482. The van der Waals surface area contributed by atoms with Crippen molar-refractivity contribution in [3.63, 3.8) is 0 Å². The molecule has 0 unspecified atom stereocenters. The zero-order valence-corrected chi connectivity index (χ0v) is 76.5. The van der Waals surface area contributed by atoms with Crippen molar-refractivity contribution in [3.8, 4) is 22.7 Å². The molecular formula is C110H124N6Si. The Bertz CT molecular complexity index is 6430. The van der Waals surface area contributed by atoms with Crippen LogP contribution in [0, 0.1) is 0 Å². The molecule has 117 heavy (non-hydrogen) atoms. The van der Waals surface area contributed by atoms with Crippen LogP contribution >= 0.6 is 0 Å². The Labute approximate surface area is 696 Å². The van der Waals surface area contributed by atoms with Crippen LogP contribution in [0.2, 0.25) is 18.1 Å². The van der Waals surface area contributed by atoms with E-state index in [9.17, 15) is 0 Å². The number of rotatable bonds is 5. The zero-order chi connectivity index (χ0) is 83.8.